The Bertz CT molecular complexity index is 721. The Morgan fingerprint density at radius 2 is 1.04 bits per heavy atom. The maximum atomic E-state index is 2.65. The van der Waals surface area contributed by atoms with Gasteiger partial charge in [-0.2, -0.15) is 0 Å². The van der Waals surface area contributed by atoms with Crippen molar-refractivity contribution in [3.8, 4) is 0 Å². The molecule has 0 radical (unpaired) electrons. The lowest BCUT2D eigenvalue weighted by Gasteiger charge is -2.32. The van der Waals surface area contributed by atoms with Gasteiger partial charge in [0.25, 0.3) is 0 Å². The van der Waals surface area contributed by atoms with E-state index in [1.54, 1.807) is 5.20 Å². The monoisotopic (exact) mass is 394 g/mol. The summed E-state index contributed by atoms with van der Waals surface area (Å²) in [7, 11) is -4.62. The molecule has 0 nitrogen and oxygen atoms in total. The SMILES string of the molecule is C[Si](C)(C)/C=C/C(=C\[Si](C)(C)C)[Si](C)(c1ccccc1)c1ccccc1. The van der Waals surface area contributed by atoms with Crippen molar-refractivity contribution in [1.82, 2.24) is 0 Å². The molecule has 0 aromatic heterocycles. The summed E-state index contributed by atoms with van der Waals surface area (Å²) in [4.78, 5) is 0. The molecule has 0 heterocycles. The van der Waals surface area contributed by atoms with Crippen LogP contribution in [0.5, 0.6) is 0 Å². The van der Waals surface area contributed by atoms with E-state index in [9.17, 15) is 0 Å². The first-order valence-electron chi connectivity index (χ1n) is 9.56. The Morgan fingerprint density at radius 3 is 1.38 bits per heavy atom. The average Bonchev–Trinajstić information content (AvgIpc) is 2.58. The van der Waals surface area contributed by atoms with Gasteiger partial charge in [0.05, 0.1) is 16.1 Å². The lowest BCUT2D eigenvalue weighted by Crippen LogP contribution is -2.57. The van der Waals surface area contributed by atoms with E-state index in [0.717, 1.165) is 0 Å². The van der Waals surface area contributed by atoms with Gasteiger partial charge in [0.1, 0.15) is 8.07 Å². The van der Waals surface area contributed by atoms with Crippen LogP contribution in [0, 0.1) is 0 Å². The van der Waals surface area contributed by atoms with Crippen LogP contribution < -0.4 is 10.4 Å². The molecule has 0 bridgehead atoms. The van der Waals surface area contributed by atoms with E-state index >= 15 is 0 Å². The van der Waals surface area contributed by atoms with Gasteiger partial charge in [-0.05, 0) is 10.4 Å². The minimum Gasteiger partial charge on any atom is -0.0951 e. The molecule has 0 N–H and O–H groups in total. The van der Waals surface area contributed by atoms with Gasteiger partial charge in [0.2, 0.25) is 0 Å². The molecule has 2 aromatic rings. The Balaban J connectivity index is 2.75. The molecule has 138 valence electrons. The van der Waals surface area contributed by atoms with Crippen molar-refractivity contribution in [3.05, 3.63) is 83.3 Å². The van der Waals surface area contributed by atoms with Crippen molar-refractivity contribution >= 4 is 34.6 Å². The molecule has 0 unspecified atom stereocenters. The van der Waals surface area contributed by atoms with E-state index in [-0.39, 0.29) is 0 Å². The van der Waals surface area contributed by atoms with Crippen LogP contribution >= 0.6 is 0 Å². The number of allylic oxidation sites excluding steroid dienone is 2. The van der Waals surface area contributed by atoms with E-state index in [1.807, 2.05) is 0 Å². The predicted molar refractivity (Wildman–Crippen MR) is 128 cm³/mol. The molecule has 0 atom stereocenters. The Kier molecular flexibility index (Phi) is 6.48. The Hall–Kier alpha value is -1.43. The molecule has 26 heavy (non-hydrogen) atoms. The van der Waals surface area contributed by atoms with Crippen LogP contribution in [0.4, 0.5) is 0 Å². The Labute approximate surface area is 163 Å². The highest BCUT2D eigenvalue weighted by molar-refractivity contribution is 7.07. The summed E-state index contributed by atoms with van der Waals surface area (Å²) in [5.74, 6) is 0. The molecule has 0 aliphatic rings. The molecule has 0 aliphatic carbocycles. The van der Waals surface area contributed by atoms with Crippen molar-refractivity contribution in [2.24, 2.45) is 0 Å². The normalized spacial score (nSPS) is 14.0. The first-order chi connectivity index (χ1) is 12.0. The fraction of sp³-hybridized carbons (Fsp3) is 0.304. The smallest absolute Gasteiger partial charge is 0.0951 e. The first kappa shape index (κ1) is 20.9. The van der Waals surface area contributed by atoms with Crippen molar-refractivity contribution in [3.63, 3.8) is 0 Å². The van der Waals surface area contributed by atoms with E-state index in [2.05, 4.69) is 124 Å². The third kappa shape index (κ3) is 5.53. The minimum absolute atomic E-state index is 1.26. The van der Waals surface area contributed by atoms with Crippen LogP contribution in [0.1, 0.15) is 0 Å². The zero-order valence-electron chi connectivity index (χ0n) is 17.5. The standard InChI is InChI=1S/C23H34Si3/c1-24(2,3)19-18-23(20-25(4,5)6)26(7,21-14-10-8-11-15-21)22-16-12-9-13-17-22/h8-20H,1-7H3/b19-18+,23-20+. The zero-order valence-corrected chi connectivity index (χ0v) is 20.5. The van der Waals surface area contributed by atoms with Crippen LogP contribution in [-0.4, -0.2) is 24.2 Å². The lowest BCUT2D eigenvalue weighted by molar-refractivity contribution is 1.63. The molecular weight excluding hydrogens is 361 g/mol. The van der Waals surface area contributed by atoms with E-state index in [0.29, 0.717) is 0 Å². The number of rotatable bonds is 6. The average molecular weight is 395 g/mol. The van der Waals surface area contributed by atoms with Gasteiger partial charge < -0.3 is 0 Å². The molecule has 2 aromatic carbocycles. The topological polar surface area (TPSA) is 0 Å². The number of benzene rings is 2. The molecule has 0 aliphatic heterocycles. The highest BCUT2D eigenvalue weighted by Crippen LogP contribution is 2.22. The maximum absolute atomic E-state index is 2.65. The predicted octanol–water partition coefficient (Wildman–Crippen LogP) is 5.66. The third-order valence-electron chi connectivity index (χ3n) is 4.63. The van der Waals surface area contributed by atoms with Gasteiger partial charge in [-0.1, -0.05) is 129 Å². The molecule has 2 rings (SSSR count). The Morgan fingerprint density at radius 1 is 0.615 bits per heavy atom. The van der Waals surface area contributed by atoms with Crippen LogP contribution in [0.3, 0.4) is 0 Å². The van der Waals surface area contributed by atoms with Gasteiger partial charge in [0, 0.05) is 0 Å². The number of hydrogen-bond acceptors (Lipinski definition) is 0. The largest absolute Gasteiger partial charge is 0.144 e. The molecule has 0 spiro atoms. The van der Waals surface area contributed by atoms with Crippen LogP contribution in [0.25, 0.3) is 0 Å². The van der Waals surface area contributed by atoms with Crippen LogP contribution in [-0.2, 0) is 0 Å². The highest BCUT2D eigenvalue weighted by Gasteiger charge is 2.35. The minimum atomic E-state index is -2.01. The summed E-state index contributed by atoms with van der Waals surface area (Å²) in [6.45, 7) is 17.1. The summed E-state index contributed by atoms with van der Waals surface area (Å²) in [6, 6.07) is 22.4. The lowest BCUT2D eigenvalue weighted by atomic mass is 10.4. The second-order valence-corrected chi connectivity index (χ2v) is 23.6. The van der Waals surface area contributed by atoms with Gasteiger partial charge >= 0.3 is 0 Å². The zero-order chi connectivity index (χ0) is 19.4. The molecule has 0 saturated carbocycles. The molecular formula is C23H34Si3. The van der Waals surface area contributed by atoms with E-state index in [4.69, 9.17) is 0 Å². The molecule has 0 fully saturated rings. The summed E-state index contributed by atoms with van der Waals surface area (Å²) in [5, 5.41) is 4.57. The summed E-state index contributed by atoms with van der Waals surface area (Å²) in [6.07, 6.45) is 2.50. The van der Waals surface area contributed by atoms with Gasteiger partial charge in [-0.25, -0.2) is 0 Å². The second-order valence-electron chi connectivity index (χ2n) is 9.52. The third-order valence-corrected chi connectivity index (χ3v) is 11.7. The van der Waals surface area contributed by atoms with Crippen molar-refractivity contribution in [1.29, 1.82) is 0 Å². The fourth-order valence-electron chi connectivity index (χ4n) is 3.21. The van der Waals surface area contributed by atoms with Gasteiger partial charge in [-0.3, -0.25) is 0 Å². The van der Waals surface area contributed by atoms with Crippen molar-refractivity contribution < 1.29 is 0 Å². The molecule has 0 amide bonds. The first-order valence-corrected chi connectivity index (χ1v) is 19.2. The summed E-state index contributed by atoms with van der Waals surface area (Å²) in [5.41, 5.74) is 5.17. The highest BCUT2D eigenvalue weighted by atomic mass is 28.3. The van der Waals surface area contributed by atoms with Gasteiger partial charge in [0.15, 0.2) is 0 Å². The summed E-state index contributed by atoms with van der Waals surface area (Å²) < 4.78 is 0. The fourth-order valence-corrected chi connectivity index (χ4v) is 10.7. The van der Waals surface area contributed by atoms with Crippen molar-refractivity contribution in [2.75, 3.05) is 0 Å². The van der Waals surface area contributed by atoms with Gasteiger partial charge in [-0.15, -0.1) is 0 Å². The molecule has 3 heteroatoms. The van der Waals surface area contributed by atoms with E-state index < -0.39 is 24.2 Å². The summed E-state index contributed by atoms with van der Waals surface area (Å²) >= 11 is 0. The molecule has 0 saturated heterocycles. The van der Waals surface area contributed by atoms with Crippen molar-refractivity contribution in [2.45, 2.75) is 45.8 Å². The maximum Gasteiger partial charge on any atom is 0.144 e. The van der Waals surface area contributed by atoms with Crippen LogP contribution in [0.2, 0.25) is 45.8 Å². The van der Waals surface area contributed by atoms with E-state index in [1.165, 1.54) is 10.4 Å². The quantitative estimate of drug-likeness (QED) is 0.438. The second kappa shape index (κ2) is 8.07. The number of hydrogen-bond donors (Lipinski definition) is 0. The van der Waals surface area contributed by atoms with Crippen LogP contribution in [0.15, 0.2) is 83.3 Å².